The minimum absolute atomic E-state index is 0.00317. The minimum Gasteiger partial charge on any atom is -0.481 e. The first kappa shape index (κ1) is 30.2. The van der Waals surface area contributed by atoms with E-state index in [0.29, 0.717) is 31.3 Å². The Bertz CT molecular complexity index is 1440. The Morgan fingerprint density at radius 3 is 2.34 bits per heavy atom. The number of fused-ring (bicyclic) bond motifs is 1. The molecule has 3 aromatic rings. The summed E-state index contributed by atoms with van der Waals surface area (Å²) in [6.07, 6.45) is 7.96. The highest BCUT2D eigenvalue weighted by Gasteiger charge is 2.50. The van der Waals surface area contributed by atoms with Crippen LogP contribution >= 0.6 is 0 Å². The van der Waals surface area contributed by atoms with Crippen molar-refractivity contribution in [2.75, 3.05) is 13.1 Å². The van der Waals surface area contributed by atoms with Crippen LogP contribution < -0.4 is 16.0 Å². The van der Waals surface area contributed by atoms with Gasteiger partial charge in [0.2, 0.25) is 5.91 Å². The molecule has 0 radical (unpaired) electrons. The molecule has 7 rings (SSSR count). The summed E-state index contributed by atoms with van der Waals surface area (Å²) < 4.78 is 6.23. The van der Waals surface area contributed by atoms with Crippen LogP contribution in [0.1, 0.15) is 69.0 Å². The number of aromatic amines is 1. The van der Waals surface area contributed by atoms with E-state index in [1.807, 2.05) is 61.7 Å². The van der Waals surface area contributed by atoms with Crippen LogP contribution in [-0.2, 0) is 20.7 Å². The molecule has 1 aromatic heterocycles. The number of carbonyl (C=O) groups is 3. The molecule has 4 aliphatic carbocycles. The number of para-hydroxylation sites is 1. The number of benzene rings is 2. The van der Waals surface area contributed by atoms with E-state index in [9.17, 15) is 14.4 Å². The molecule has 5 N–H and O–H groups in total. The van der Waals surface area contributed by atoms with Gasteiger partial charge in [-0.2, -0.15) is 0 Å². The molecule has 9 nitrogen and oxygen atoms in total. The maximum atomic E-state index is 13.6. The number of H-pyrrole nitrogens is 1. The normalized spacial score (nSPS) is 25.7. The number of carbonyl (C=O) groups excluding carboxylic acids is 2. The summed E-state index contributed by atoms with van der Waals surface area (Å²) >= 11 is 0. The number of hydrogen-bond donors (Lipinski definition) is 5. The van der Waals surface area contributed by atoms with Gasteiger partial charge in [-0.15, -0.1) is 0 Å². The first-order chi connectivity index (χ1) is 21.2. The van der Waals surface area contributed by atoms with E-state index in [4.69, 9.17) is 9.84 Å². The zero-order valence-electron chi connectivity index (χ0n) is 25.4. The van der Waals surface area contributed by atoms with E-state index in [-0.39, 0.29) is 37.0 Å². The number of rotatable bonds is 13. The van der Waals surface area contributed by atoms with Crippen molar-refractivity contribution in [1.29, 1.82) is 0 Å². The van der Waals surface area contributed by atoms with Gasteiger partial charge in [-0.3, -0.25) is 9.59 Å². The van der Waals surface area contributed by atoms with Crippen molar-refractivity contribution in [3.8, 4) is 0 Å². The average Bonchev–Trinajstić information content (AvgIpc) is 3.39. The van der Waals surface area contributed by atoms with Crippen LogP contribution in [0, 0.1) is 23.7 Å². The third-order valence-electron chi connectivity index (χ3n) is 10.0. The SMILES string of the molecule is C[C@](CNC[C@H](NC(=O)CCC(=O)O)c1ccccc1)(Cc1c[nH]c2ccccc12)NC(=O)OC1C2CC3CC(C2)CC1C3. The monoisotopic (exact) mass is 600 g/mol. The number of aliphatic carboxylic acids is 1. The first-order valence-corrected chi connectivity index (χ1v) is 16.1. The van der Waals surface area contributed by atoms with E-state index in [1.165, 1.54) is 32.1 Å². The Hall–Kier alpha value is -3.85. The van der Waals surface area contributed by atoms with Gasteiger partial charge in [0.25, 0.3) is 0 Å². The maximum absolute atomic E-state index is 13.6. The number of amides is 2. The van der Waals surface area contributed by atoms with E-state index >= 15 is 0 Å². The number of carboxylic acid groups (broad SMARTS) is 1. The zero-order chi connectivity index (χ0) is 30.7. The lowest BCUT2D eigenvalue weighted by Gasteiger charge is -2.53. The highest BCUT2D eigenvalue weighted by Crippen LogP contribution is 2.54. The van der Waals surface area contributed by atoms with E-state index in [1.54, 1.807) is 0 Å². The molecule has 4 saturated carbocycles. The fourth-order valence-electron chi connectivity index (χ4n) is 8.23. The van der Waals surface area contributed by atoms with Crippen molar-refractivity contribution < 1.29 is 24.2 Å². The Morgan fingerprint density at radius 1 is 0.955 bits per heavy atom. The third-order valence-corrected chi connectivity index (χ3v) is 10.0. The molecule has 9 heteroatoms. The molecule has 4 aliphatic rings. The summed E-state index contributed by atoms with van der Waals surface area (Å²) in [7, 11) is 0. The van der Waals surface area contributed by atoms with Crippen molar-refractivity contribution in [1.82, 2.24) is 20.9 Å². The van der Waals surface area contributed by atoms with Gasteiger partial charge in [0.15, 0.2) is 0 Å². The molecule has 4 fully saturated rings. The van der Waals surface area contributed by atoms with Crippen LogP contribution in [0.4, 0.5) is 4.79 Å². The van der Waals surface area contributed by atoms with Crippen LogP contribution in [-0.4, -0.2) is 52.8 Å². The Morgan fingerprint density at radius 2 is 1.64 bits per heavy atom. The van der Waals surface area contributed by atoms with Gasteiger partial charge in [0.1, 0.15) is 6.10 Å². The van der Waals surface area contributed by atoms with Gasteiger partial charge in [0.05, 0.1) is 18.0 Å². The first-order valence-electron chi connectivity index (χ1n) is 16.1. The second-order valence-electron chi connectivity index (χ2n) is 13.6. The Balaban J connectivity index is 1.15. The molecule has 0 spiro atoms. The Labute approximate surface area is 258 Å². The van der Waals surface area contributed by atoms with Crippen LogP contribution in [0.25, 0.3) is 10.9 Å². The molecule has 2 aromatic carbocycles. The van der Waals surface area contributed by atoms with Crippen LogP contribution in [0.5, 0.6) is 0 Å². The highest BCUT2D eigenvalue weighted by atomic mass is 16.6. The number of alkyl carbamates (subject to hydrolysis) is 1. The summed E-state index contributed by atoms with van der Waals surface area (Å²) in [5.41, 5.74) is 2.36. The standard InChI is InChI=1S/C35H44N4O5/c1-35(18-27-19-37-29-10-6-5-9-28(27)29,39-34(43)44-33-25-14-22-13-23(16-25)17-26(33)15-22)21-36-20-30(24-7-3-2-4-8-24)38-31(40)11-12-32(41)42/h2-10,19,22-23,25-26,30,33,36-37H,11-18,20-21H2,1H3,(H,38,40)(H,39,43)(H,41,42)/t22?,23?,25?,26?,30-,33?,35+/m0/s1. The fraction of sp³-hybridized carbons (Fsp3) is 0.514. The van der Waals surface area contributed by atoms with Crippen LogP contribution in [0.3, 0.4) is 0 Å². The average molecular weight is 601 g/mol. The van der Waals surface area contributed by atoms with Gasteiger partial charge in [-0.05, 0) is 86.3 Å². The summed E-state index contributed by atoms with van der Waals surface area (Å²) in [6, 6.07) is 17.4. The third kappa shape index (κ3) is 7.09. The van der Waals surface area contributed by atoms with Gasteiger partial charge < -0.3 is 30.8 Å². The van der Waals surface area contributed by atoms with Gasteiger partial charge in [-0.25, -0.2) is 4.79 Å². The molecule has 234 valence electrons. The predicted molar refractivity (Wildman–Crippen MR) is 168 cm³/mol. The smallest absolute Gasteiger partial charge is 0.407 e. The number of nitrogens with one attached hydrogen (secondary N) is 4. The minimum atomic E-state index is -1.01. The van der Waals surface area contributed by atoms with Gasteiger partial charge in [-0.1, -0.05) is 48.5 Å². The van der Waals surface area contributed by atoms with Gasteiger partial charge in [0, 0.05) is 36.6 Å². The Kier molecular flexibility index (Phi) is 8.93. The van der Waals surface area contributed by atoms with Crippen LogP contribution in [0.15, 0.2) is 60.8 Å². The molecule has 1 heterocycles. The molecular formula is C35H44N4O5. The second kappa shape index (κ2) is 13.0. The summed E-state index contributed by atoms with van der Waals surface area (Å²) in [5, 5.41) is 19.9. The summed E-state index contributed by atoms with van der Waals surface area (Å²) in [4.78, 5) is 40.5. The molecule has 4 bridgehead atoms. The van der Waals surface area contributed by atoms with Crippen LogP contribution in [0.2, 0.25) is 0 Å². The molecular weight excluding hydrogens is 556 g/mol. The topological polar surface area (TPSA) is 133 Å². The highest BCUT2D eigenvalue weighted by molar-refractivity contribution is 5.83. The van der Waals surface area contributed by atoms with E-state index in [2.05, 4.69) is 27.0 Å². The molecule has 44 heavy (non-hydrogen) atoms. The van der Waals surface area contributed by atoms with E-state index in [0.717, 1.165) is 33.9 Å². The van der Waals surface area contributed by atoms with Gasteiger partial charge >= 0.3 is 12.1 Å². The van der Waals surface area contributed by atoms with Crippen molar-refractivity contribution in [3.05, 3.63) is 71.9 Å². The van der Waals surface area contributed by atoms with Crippen molar-refractivity contribution in [3.63, 3.8) is 0 Å². The quantitative estimate of drug-likeness (QED) is 0.180. The molecule has 0 unspecified atom stereocenters. The number of carboxylic acids is 1. The maximum Gasteiger partial charge on any atom is 0.407 e. The number of aromatic nitrogens is 1. The van der Waals surface area contributed by atoms with E-state index < -0.39 is 11.5 Å². The largest absolute Gasteiger partial charge is 0.481 e. The fourth-order valence-corrected chi connectivity index (χ4v) is 8.23. The summed E-state index contributed by atoms with van der Waals surface area (Å²) in [5.74, 6) is 1.24. The van der Waals surface area contributed by atoms with Crippen molar-refractivity contribution >= 4 is 28.9 Å². The van der Waals surface area contributed by atoms with Crippen molar-refractivity contribution in [2.24, 2.45) is 23.7 Å². The molecule has 0 aliphatic heterocycles. The summed E-state index contributed by atoms with van der Waals surface area (Å²) in [6.45, 7) is 2.86. The predicted octanol–water partition coefficient (Wildman–Crippen LogP) is 5.33. The lowest BCUT2D eigenvalue weighted by Crippen LogP contribution is -2.57. The van der Waals surface area contributed by atoms with Crippen molar-refractivity contribution in [2.45, 2.75) is 76.0 Å². The lowest BCUT2D eigenvalue weighted by atomic mass is 9.55. The molecule has 0 saturated heterocycles. The number of hydrogen-bond acceptors (Lipinski definition) is 5. The lowest BCUT2D eigenvalue weighted by molar-refractivity contribution is -0.138. The molecule has 2 amide bonds. The second-order valence-corrected chi connectivity index (χ2v) is 13.6. The molecule has 2 atom stereocenters. The number of ether oxygens (including phenoxy) is 1. The zero-order valence-corrected chi connectivity index (χ0v) is 25.4.